The first kappa shape index (κ1) is 15.1. The molecule has 0 bridgehead atoms. The fraction of sp³-hybridized carbons (Fsp3) is 0.308. The number of hydrogen-bond acceptors (Lipinski definition) is 5. The Kier molecular flexibility index (Phi) is 5.95. The van der Waals surface area contributed by atoms with Crippen LogP contribution in [0.2, 0.25) is 0 Å². The van der Waals surface area contributed by atoms with E-state index in [9.17, 15) is 14.4 Å². The minimum absolute atomic E-state index is 0.103. The number of hydrogen-bond donors (Lipinski definition) is 1. The molecule has 1 aromatic rings. The molecule has 19 heavy (non-hydrogen) atoms. The SMILES string of the molecule is CCOC(=O)C(=O)c1ccc(C=CCNC(C)=O)s1. The Labute approximate surface area is 115 Å². The largest absolute Gasteiger partial charge is 0.460 e. The Morgan fingerprint density at radius 1 is 1.37 bits per heavy atom. The predicted octanol–water partition coefficient (Wildman–Crippen LogP) is 1.64. The minimum atomic E-state index is -0.835. The number of esters is 1. The molecule has 0 aliphatic carbocycles. The normalized spacial score (nSPS) is 10.4. The van der Waals surface area contributed by atoms with Crippen molar-refractivity contribution < 1.29 is 19.1 Å². The topological polar surface area (TPSA) is 72.5 Å². The van der Waals surface area contributed by atoms with Crippen molar-refractivity contribution in [3.8, 4) is 0 Å². The number of rotatable bonds is 6. The van der Waals surface area contributed by atoms with Gasteiger partial charge in [0.25, 0.3) is 5.78 Å². The number of thiophene rings is 1. The highest BCUT2D eigenvalue weighted by Gasteiger charge is 2.18. The summed E-state index contributed by atoms with van der Waals surface area (Å²) in [6.07, 6.45) is 3.55. The predicted molar refractivity (Wildman–Crippen MR) is 73.0 cm³/mol. The van der Waals surface area contributed by atoms with E-state index in [0.29, 0.717) is 11.4 Å². The van der Waals surface area contributed by atoms with Crippen LogP contribution in [-0.4, -0.2) is 30.8 Å². The summed E-state index contributed by atoms with van der Waals surface area (Å²) < 4.78 is 4.64. The van der Waals surface area contributed by atoms with Gasteiger partial charge in [0.2, 0.25) is 5.91 Å². The quantitative estimate of drug-likeness (QED) is 0.489. The zero-order valence-electron chi connectivity index (χ0n) is 10.8. The zero-order valence-corrected chi connectivity index (χ0v) is 11.6. The highest BCUT2D eigenvalue weighted by atomic mass is 32.1. The average molecular weight is 281 g/mol. The molecule has 0 aromatic carbocycles. The fourth-order valence-electron chi connectivity index (χ4n) is 1.24. The number of ketones is 1. The van der Waals surface area contributed by atoms with Crippen molar-refractivity contribution in [1.82, 2.24) is 5.32 Å². The summed E-state index contributed by atoms with van der Waals surface area (Å²) >= 11 is 1.20. The molecule has 1 aromatic heterocycles. The van der Waals surface area contributed by atoms with Gasteiger partial charge < -0.3 is 10.1 Å². The van der Waals surface area contributed by atoms with Gasteiger partial charge in [0, 0.05) is 18.3 Å². The summed E-state index contributed by atoms with van der Waals surface area (Å²) in [4.78, 5) is 34.7. The molecule has 0 saturated heterocycles. The van der Waals surface area contributed by atoms with Crippen LogP contribution < -0.4 is 5.32 Å². The summed E-state index contributed by atoms with van der Waals surface area (Å²) in [5.41, 5.74) is 0. The van der Waals surface area contributed by atoms with E-state index in [1.165, 1.54) is 18.3 Å². The van der Waals surface area contributed by atoms with Gasteiger partial charge >= 0.3 is 5.97 Å². The van der Waals surface area contributed by atoms with E-state index in [1.54, 1.807) is 31.2 Å². The molecule has 1 heterocycles. The van der Waals surface area contributed by atoms with Gasteiger partial charge in [0.1, 0.15) is 0 Å². The van der Waals surface area contributed by atoms with Crippen LogP contribution in [0.4, 0.5) is 0 Å². The van der Waals surface area contributed by atoms with Gasteiger partial charge in [0.05, 0.1) is 11.5 Å². The van der Waals surface area contributed by atoms with E-state index in [0.717, 1.165) is 4.88 Å². The highest BCUT2D eigenvalue weighted by molar-refractivity contribution is 7.15. The molecule has 5 nitrogen and oxygen atoms in total. The lowest BCUT2D eigenvalue weighted by Crippen LogP contribution is -2.19. The van der Waals surface area contributed by atoms with E-state index >= 15 is 0 Å². The van der Waals surface area contributed by atoms with Crippen molar-refractivity contribution in [1.29, 1.82) is 0 Å². The van der Waals surface area contributed by atoms with Crippen molar-refractivity contribution in [2.75, 3.05) is 13.2 Å². The highest BCUT2D eigenvalue weighted by Crippen LogP contribution is 2.18. The van der Waals surface area contributed by atoms with E-state index in [2.05, 4.69) is 10.1 Å². The summed E-state index contributed by atoms with van der Waals surface area (Å²) in [5.74, 6) is -1.57. The van der Waals surface area contributed by atoms with E-state index in [1.807, 2.05) is 0 Å². The average Bonchev–Trinajstić information content (AvgIpc) is 2.82. The number of amides is 1. The molecular formula is C13H15NO4S. The van der Waals surface area contributed by atoms with Crippen LogP contribution in [0.25, 0.3) is 6.08 Å². The van der Waals surface area contributed by atoms with E-state index in [-0.39, 0.29) is 12.5 Å². The lowest BCUT2D eigenvalue weighted by Gasteiger charge is -1.97. The third-order valence-corrected chi connectivity index (χ3v) is 3.11. The number of nitrogens with one attached hydrogen (secondary N) is 1. The number of carbonyl (C=O) groups is 3. The van der Waals surface area contributed by atoms with Gasteiger partial charge in [-0.1, -0.05) is 6.08 Å². The molecule has 0 aliphatic rings. The van der Waals surface area contributed by atoms with Crippen LogP contribution in [0.5, 0.6) is 0 Å². The van der Waals surface area contributed by atoms with Crippen molar-refractivity contribution in [3.63, 3.8) is 0 Å². The molecule has 0 unspecified atom stereocenters. The Balaban J connectivity index is 2.59. The Morgan fingerprint density at radius 2 is 2.11 bits per heavy atom. The smallest absolute Gasteiger partial charge is 0.380 e. The first-order chi connectivity index (χ1) is 9.04. The fourth-order valence-corrected chi connectivity index (χ4v) is 2.11. The van der Waals surface area contributed by atoms with Crippen molar-refractivity contribution in [2.24, 2.45) is 0 Å². The molecule has 0 aliphatic heterocycles. The van der Waals surface area contributed by atoms with Crippen molar-refractivity contribution in [3.05, 3.63) is 28.0 Å². The van der Waals surface area contributed by atoms with E-state index < -0.39 is 11.8 Å². The first-order valence-electron chi connectivity index (χ1n) is 5.77. The maximum Gasteiger partial charge on any atom is 0.380 e. The third-order valence-electron chi connectivity index (χ3n) is 2.06. The van der Waals surface area contributed by atoms with Crippen LogP contribution in [0.3, 0.4) is 0 Å². The zero-order chi connectivity index (χ0) is 14.3. The monoisotopic (exact) mass is 281 g/mol. The van der Waals surface area contributed by atoms with Crippen molar-refractivity contribution in [2.45, 2.75) is 13.8 Å². The third kappa shape index (κ3) is 5.05. The molecule has 6 heteroatoms. The molecule has 0 spiro atoms. The molecule has 0 atom stereocenters. The number of carbonyl (C=O) groups excluding carboxylic acids is 3. The molecule has 0 fully saturated rings. The van der Waals surface area contributed by atoms with Crippen molar-refractivity contribution >= 4 is 35.1 Å². The Hall–Kier alpha value is -1.95. The van der Waals surface area contributed by atoms with Gasteiger partial charge in [-0.2, -0.15) is 0 Å². The molecular weight excluding hydrogens is 266 g/mol. The molecule has 1 amide bonds. The van der Waals surface area contributed by atoms with E-state index in [4.69, 9.17) is 0 Å². The summed E-state index contributed by atoms with van der Waals surface area (Å²) in [6, 6.07) is 3.32. The molecule has 102 valence electrons. The second kappa shape index (κ2) is 7.48. The summed E-state index contributed by atoms with van der Waals surface area (Å²) in [6.45, 7) is 3.69. The van der Waals surface area contributed by atoms with Gasteiger partial charge in [0.15, 0.2) is 0 Å². The second-order valence-corrected chi connectivity index (χ2v) is 4.71. The molecule has 1 N–H and O–H groups in total. The van der Waals surface area contributed by atoms with Crippen LogP contribution in [-0.2, 0) is 14.3 Å². The second-order valence-electron chi connectivity index (χ2n) is 3.59. The van der Waals surface area contributed by atoms with Gasteiger partial charge in [-0.3, -0.25) is 9.59 Å². The lowest BCUT2D eigenvalue weighted by atomic mass is 10.3. The first-order valence-corrected chi connectivity index (χ1v) is 6.58. The summed E-state index contributed by atoms with van der Waals surface area (Å²) in [5, 5.41) is 2.62. The molecule has 0 radical (unpaired) electrons. The van der Waals surface area contributed by atoms with Crippen LogP contribution in [0.1, 0.15) is 28.4 Å². The standard InChI is InChI=1S/C13H15NO4S/c1-3-18-13(17)12(16)11-7-6-10(19-11)5-4-8-14-9(2)15/h4-7H,3,8H2,1-2H3,(H,14,15). The molecule has 1 rings (SSSR count). The summed E-state index contributed by atoms with van der Waals surface area (Å²) in [7, 11) is 0. The maximum atomic E-state index is 11.6. The number of Topliss-reactive ketones (excluding diaryl/α,β-unsaturated/α-hetero) is 1. The van der Waals surface area contributed by atoms with Crippen LogP contribution in [0, 0.1) is 0 Å². The Morgan fingerprint density at radius 3 is 2.74 bits per heavy atom. The number of ether oxygens (including phenoxy) is 1. The maximum absolute atomic E-state index is 11.6. The van der Waals surface area contributed by atoms with Gasteiger partial charge in [-0.15, -0.1) is 11.3 Å². The Bertz CT molecular complexity index is 504. The van der Waals surface area contributed by atoms with Gasteiger partial charge in [-0.25, -0.2) is 4.79 Å². The van der Waals surface area contributed by atoms with Crippen LogP contribution in [0.15, 0.2) is 18.2 Å². The van der Waals surface area contributed by atoms with Crippen LogP contribution >= 0.6 is 11.3 Å². The van der Waals surface area contributed by atoms with Gasteiger partial charge in [-0.05, 0) is 25.1 Å². The lowest BCUT2D eigenvalue weighted by molar-refractivity contribution is -0.137. The minimum Gasteiger partial charge on any atom is -0.460 e. The molecule has 0 saturated carbocycles.